The molecule has 3 aromatic rings. The molecule has 21 heavy (non-hydrogen) atoms. The summed E-state index contributed by atoms with van der Waals surface area (Å²) in [5, 5.41) is 3.95. The number of hydrogen-bond acceptors (Lipinski definition) is 2. The van der Waals surface area contributed by atoms with Crippen molar-refractivity contribution in [1.82, 2.24) is 15.3 Å². The predicted octanol–water partition coefficient (Wildman–Crippen LogP) is 3.17. The Bertz CT molecular complexity index is 787. The third-order valence-corrected chi connectivity index (χ3v) is 3.48. The van der Waals surface area contributed by atoms with Crippen LogP contribution in [-0.2, 0) is 11.3 Å². The van der Waals surface area contributed by atoms with Crippen molar-refractivity contribution in [1.29, 1.82) is 0 Å². The van der Waals surface area contributed by atoms with Crippen molar-refractivity contribution in [2.45, 2.75) is 20.4 Å². The fourth-order valence-electron chi connectivity index (χ4n) is 2.36. The minimum absolute atomic E-state index is 0.0359. The molecule has 0 unspecified atom stereocenters. The van der Waals surface area contributed by atoms with Crippen LogP contribution in [0.3, 0.4) is 0 Å². The lowest BCUT2D eigenvalue weighted by molar-refractivity contribution is -0.119. The number of carbonyl (C=O) groups is 1. The van der Waals surface area contributed by atoms with Gasteiger partial charge in [-0.25, -0.2) is 0 Å². The Morgan fingerprint density at radius 3 is 2.86 bits per heavy atom. The molecule has 0 saturated heterocycles. The van der Waals surface area contributed by atoms with Crippen LogP contribution in [0.5, 0.6) is 0 Å². The average Bonchev–Trinajstić information content (AvgIpc) is 2.88. The van der Waals surface area contributed by atoms with Crippen LogP contribution in [0.15, 0.2) is 42.7 Å². The number of aromatic nitrogens is 2. The number of nitrogens with one attached hydrogen (secondary N) is 2. The summed E-state index contributed by atoms with van der Waals surface area (Å²) in [6.07, 6.45) is 3.79. The summed E-state index contributed by atoms with van der Waals surface area (Å²) >= 11 is 0. The summed E-state index contributed by atoms with van der Waals surface area (Å²) < 4.78 is 0. The van der Waals surface area contributed by atoms with Gasteiger partial charge in [0.2, 0.25) is 5.91 Å². The maximum atomic E-state index is 10.9. The zero-order chi connectivity index (χ0) is 14.8. The highest BCUT2D eigenvalue weighted by Crippen LogP contribution is 2.27. The number of amides is 1. The topological polar surface area (TPSA) is 57.8 Å². The Morgan fingerprint density at radius 1 is 1.29 bits per heavy atom. The van der Waals surface area contributed by atoms with E-state index in [4.69, 9.17) is 0 Å². The standard InChI is InChI=1S/C17H17N3O/c1-11-3-5-16-14(7-11)15(10-20-16)17-6-4-13(9-19-17)8-18-12(2)21/h3-7,9-10,20H,8H2,1-2H3,(H,18,21). The van der Waals surface area contributed by atoms with Gasteiger partial charge in [-0.2, -0.15) is 0 Å². The fraction of sp³-hybridized carbons (Fsp3) is 0.176. The van der Waals surface area contributed by atoms with E-state index in [2.05, 4.69) is 40.4 Å². The van der Waals surface area contributed by atoms with Gasteiger partial charge in [0.25, 0.3) is 0 Å². The van der Waals surface area contributed by atoms with Gasteiger partial charge >= 0.3 is 0 Å². The van der Waals surface area contributed by atoms with Crippen molar-refractivity contribution >= 4 is 16.8 Å². The van der Waals surface area contributed by atoms with Gasteiger partial charge in [-0.05, 0) is 30.7 Å². The summed E-state index contributed by atoms with van der Waals surface area (Å²) in [7, 11) is 0. The molecule has 106 valence electrons. The highest BCUT2D eigenvalue weighted by molar-refractivity contribution is 5.94. The highest BCUT2D eigenvalue weighted by atomic mass is 16.1. The van der Waals surface area contributed by atoms with Crippen molar-refractivity contribution in [2.24, 2.45) is 0 Å². The minimum atomic E-state index is -0.0359. The van der Waals surface area contributed by atoms with E-state index in [-0.39, 0.29) is 5.91 Å². The Balaban J connectivity index is 1.92. The molecule has 0 atom stereocenters. The molecule has 2 aromatic heterocycles. The molecule has 1 aromatic carbocycles. The second-order valence-electron chi connectivity index (χ2n) is 5.21. The third-order valence-electron chi connectivity index (χ3n) is 3.48. The van der Waals surface area contributed by atoms with Crippen molar-refractivity contribution in [3.8, 4) is 11.3 Å². The van der Waals surface area contributed by atoms with Crippen LogP contribution in [0.1, 0.15) is 18.1 Å². The van der Waals surface area contributed by atoms with Gasteiger partial charge in [0.1, 0.15) is 0 Å². The lowest BCUT2D eigenvalue weighted by Crippen LogP contribution is -2.18. The SMILES string of the molecule is CC(=O)NCc1ccc(-c2c[nH]c3ccc(C)cc23)nc1. The van der Waals surface area contributed by atoms with Gasteiger partial charge in [0.05, 0.1) is 5.69 Å². The first-order valence-corrected chi connectivity index (χ1v) is 6.91. The van der Waals surface area contributed by atoms with E-state index in [1.165, 1.54) is 17.9 Å². The zero-order valence-electron chi connectivity index (χ0n) is 12.1. The van der Waals surface area contributed by atoms with Crippen LogP contribution >= 0.6 is 0 Å². The number of aryl methyl sites for hydroxylation is 1. The lowest BCUT2D eigenvalue weighted by atomic mass is 10.1. The molecule has 0 saturated carbocycles. The van der Waals surface area contributed by atoms with Crippen molar-refractivity contribution < 1.29 is 4.79 Å². The maximum absolute atomic E-state index is 10.9. The van der Waals surface area contributed by atoms with E-state index in [1.54, 1.807) is 6.20 Å². The van der Waals surface area contributed by atoms with Crippen LogP contribution < -0.4 is 5.32 Å². The van der Waals surface area contributed by atoms with Crippen LogP contribution in [0.25, 0.3) is 22.2 Å². The number of benzene rings is 1. The van der Waals surface area contributed by atoms with Gasteiger partial charge in [0.15, 0.2) is 0 Å². The fourth-order valence-corrected chi connectivity index (χ4v) is 2.36. The van der Waals surface area contributed by atoms with Crippen molar-refractivity contribution in [2.75, 3.05) is 0 Å². The summed E-state index contributed by atoms with van der Waals surface area (Å²) in [6, 6.07) is 10.3. The predicted molar refractivity (Wildman–Crippen MR) is 83.8 cm³/mol. The zero-order valence-corrected chi connectivity index (χ0v) is 12.1. The molecule has 2 heterocycles. The molecule has 0 bridgehead atoms. The Labute approximate surface area is 123 Å². The number of pyridine rings is 1. The number of rotatable bonds is 3. The summed E-state index contributed by atoms with van der Waals surface area (Å²) in [5.41, 5.74) is 5.36. The first-order valence-electron chi connectivity index (χ1n) is 6.91. The highest BCUT2D eigenvalue weighted by Gasteiger charge is 2.07. The molecule has 4 nitrogen and oxygen atoms in total. The van der Waals surface area contributed by atoms with E-state index in [9.17, 15) is 4.79 Å². The second kappa shape index (κ2) is 5.40. The van der Waals surface area contributed by atoms with Gasteiger partial charge in [-0.15, -0.1) is 0 Å². The monoisotopic (exact) mass is 279 g/mol. The van der Waals surface area contributed by atoms with Crippen LogP contribution in [0.4, 0.5) is 0 Å². The van der Waals surface area contributed by atoms with Crippen LogP contribution in [-0.4, -0.2) is 15.9 Å². The van der Waals surface area contributed by atoms with Gasteiger partial charge < -0.3 is 10.3 Å². The Kier molecular flexibility index (Phi) is 3.44. The summed E-state index contributed by atoms with van der Waals surface area (Å²) in [4.78, 5) is 18.7. The molecular formula is C17H17N3O. The molecule has 0 aliphatic carbocycles. The number of carbonyl (C=O) groups excluding carboxylic acids is 1. The molecule has 0 fully saturated rings. The van der Waals surface area contributed by atoms with Gasteiger partial charge in [0, 0.05) is 42.3 Å². The summed E-state index contributed by atoms with van der Waals surface area (Å²) in [5.74, 6) is -0.0359. The van der Waals surface area contributed by atoms with E-state index in [0.717, 1.165) is 22.3 Å². The molecular weight excluding hydrogens is 262 g/mol. The van der Waals surface area contributed by atoms with Crippen molar-refractivity contribution in [3.05, 3.63) is 53.9 Å². The third kappa shape index (κ3) is 2.79. The minimum Gasteiger partial charge on any atom is -0.360 e. The quantitative estimate of drug-likeness (QED) is 0.773. The molecule has 2 N–H and O–H groups in total. The first kappa shape index (κ1) is 13.4. The van der Waals surface area contributed by atoms with E-state index in [0.29, 0.717) is 6.54 Å². The number of hydrogen-bond donors (Lipinski definition) is 2. The lowest BCUT2D eigenvalue weighted by Gasteiger charge is -2.04. The normalized spacial score (nSPS) is 10.8. The number of fused-ring (bicyclic) bond motifs is 1. The smallest absolute Gasteiger partial charge is 0.217 e. The molecule has 3 rings (SSSR count). The number of nitrogens with zero attached hydrogens (tertiary/aromatic N) is 1. The number of H-pyrrole nitrogens is 1. The Morgan fingerprint density at radius 2 is 2.14 bits per heavy atom. The summed E-state index contributed by atoms with van der Waals surface area (Å²) in [6.45, 7) is 4.10. The first-order chi connectivity index (χ1) is 10.1. The largest absolute Gasteiger partial charge is 0.360 e. The molecule has 4 heteroatoms. The van der Waals surface area contributed by atoms with Gasteiger partial charge in [-0.1, -0.05) is 17.7 Å². The van der Waals surface area contributed by atoms with E-state index < -0.39 is 0 Å². The maximum Gasteiger partial charge on any atom is 0.217 e. The van der Waals surface area contributed by atoms with E-state index >= 15 is 0 Å². The van der Waals surface area contributed by atoms with Crippen LogP contribution in [0, 0.1) is 6.92 Å². The van der Waals surface area contributed by atoms with Gasteiger partial charge in [-0.3, -0.25) is 9.78 Å². The van der Waals surface area contributed by atoms with E-state index in [1.807, 2.05) is 18.3 Å². The molecule has 1 amide bonds. The average molecular weight is 279 g/mol. The molecule has 0 aliphatic heterocycles. The van der Waals surface area contributed by atoms with Crippen LogP contribution in [0.2, 0.25) is 0 Å². The number of aromatic amines is 1. The molecule has 0 radical (unpaired) electrons. The molecule has 0 aliphatic rings. The van der Waals surface area contributed by atoms with Crippen molar-refractivity contribution in [3.63, 3.8) is 0 Å². The Hall–Kier alpha value is -2.62. The molecule has 0 spiro atoms. The second-order valence-corrected chi connectivity index (χ2v) is 5.21.